The minimum absolute atomic E-state index is 0.644. The van der Waals surface area contributed by atoms with Crippen molar-refractivity contribution >= 4 is 49.7 Å². The summed E-state index contributed by atoms with van der Waals surface area (Å²) in [6, 6.07) is 16.2. The van der Waals surface area contributed by atoms with Crippen molar-refractivity contribution in [2.45, 2.75) is 9.79 Å². The lowest BCUT2D eigenvalue weighted by Gasteiger charge is -2.09. The quantitative estimate of drug-likeness (QED) is 0.439. The summed E-state index contributed by atoms with van der Waals surface area (Å²) in [4.78, 5) is 6.90. The van der Waals surface area contributed by atoms with Gasteiger partial charge in [0, 0.05) is 25.7 Å². The molecule has 0 saturated carbocycles. The standard InChI is InChI=1S/C18H12BrNO2S/c1-21-12-4-7-14-16(10-12)20-18-15(8-9-22-18)17(14)23-13-5-2-11(19)3-6-13/h2-10H,1H3. The number of hydrogen-bond donors (Lipinski definition) is 0. The van der Waals surface area contributed by atoms with E-state index in [2.05, 4.69) is 39.1 Å². The van der Waals surface area contributed by atoms with Gasteiger partial charge in [-0.3, -0.25) is 0 Å². The van der Waals surface area contributed by atoms with Gasteiger partial charge in [0.2, 0.25) is 5.71 Å². The fourth-order valence-corrected chi connectivity index (χ4v) is 3.79. The molecule has 4 rings (SSSR count). The fraction of sp³-hybridized carbons (Fsp3) is 0.0556. The van der Waals surface area contributed by atoms with Gasteiger partial charge < -0.3 is 9.15 Å². The smallest absolute Gasteiger partial charge is 0.227 e. The van der Waals surface area contributed by atoms with Crippen LogP contribution in [0.3, 0.4) is 0 Å². The van der Waals surface area contributed by atoms with Gasteiger partial charge in [-0.15, -0.1) is 0 Å². The molecular formula is C18H12BrNO2S. The lowest BCUT2D eigenvalue weighted by molar-refractivity contribution is 0.415. The van der Waals surface area contributed by atoms with Crippen molar-refractivity contribution in [3.63, 3.8) is 0 Å². The van der Waals surface area contributed by atoms with Gasteiger partial charge >= 0.3 is 0 Å². The lowest BCUT2D eigenvalue weighted by atomic mass is 10.2. The largest absolute Gasteiger partial charge is 0.497 e. The zero-order valence-corrected chi connectivity index (χ0v) is 14.6. The third kappa shape index (κ3) is 2.71. The van der Waals surface area contributed by atoms with Crippen molar-refractivity contribution in [2.24, 2.45) is 0 Å². The molecule has 0 amide bonds. The Hall–Kier alpha value is -1.98. The average Bonchev–Trinajstić information content (AvgIpc) is 3.04. The zero-order chi connectivity index (χ0) is 15.8. The van der Waals surface area contributed by atoms with Gasteiger partial charge in [-0.1, -0.05) is 27.7 Å². The first kappa shape index (κ1) is 14.6. The van der Waals surface area contributed by atoms with Crippen molar-refractivity contribution in [3.05, 3.63) is 59.3 Å². The highest BCUT2D eigenvalue weighted by Crippen LogP contribution is 2.39. The molecular weight excluding hydrogens is 374 g/mol. The number of benzene rings is 2. The molecule has 114 valence electrons. The van der Waals surface area contributed by atoms with Crippen molar-refractivity contribution in [2.75, 3.05) is 7.11 Å². The minimum Gasteiger partial charge on any atom is -0.497 e. The van der Waals surface area contributed by atoms with Crippen LogP contribution < -0.4 is 4.74 Å². The topological polar surface area (TPSA) is 35.3 Å². The highest BCUT2D eigenvalue weighted by Gasteiger charge is 2.13. The summed E-state index contributed by atoms with van der Waals surface area (Å²) in [5, 5.41) is 2.11. The van der Waals surface area contributed by atoms with Gasteiger partial charge in [0.15, 0.2) is 0 Å². The SMILES string of the molecule is COc1ccc2c(Sc3ccc(Br)cc3)c3ccoc3nc2c1. The van der Waals surface area contributed by atoms with Gasteiger partial charge in [-0.25, -0.2) is 4.98 Å². The van der Waals surface area contributed by atoms with Crippen LogP contribution in [0.15, 0.2) is 73.5 Å². The molecule has 0 aliphatic carbocycles. The summed E-state index contributed by atoms with van der Waals surface area (Å²) in [5.41, 5.74) is 1.51. The molecule has 0 atom stereocenters. The summed E-state index contributed by atoms with van der Waals surface area (Å²) in [7, 11) is 1.66. The lowest BCUT2D eigenvalue weighted by Crippen LogP contribution is -1.87. The number of halogens is 1. The summed E-state index contributed by atoms with van der Waals surface area (Å²) < 4.78 is 11.9. The molecule has 0 bridgehead atoms. The van der Waals surface area contributed by atoms with E-state index in [4.69, 9.17) is 9.15 Å². The van der Waals surface area contributed by atoms with Crippen LogP contribution in [0.1, 0.15) is 0 Å². The second-order valence-electron chi connectivity index (χ2n) is 5.02. The molecule has 0 fully saturated rings. The van der Waals surface area contributed by atoms with Crippen LogP contribution in [-0.2, 0) is 0 Å². The number of furan rings is 1. The third-order valence-corrected chi connectivity index (χ3v) is 5.27. The second kappa shape index (κ2) is 5.91. The van der Waals surface area contributed by atoms with Gasteiger partial charge in [-0.2, -0.15) is 0 Å². The van der Waals surface area contributed by atoms with Gasteiger partial charge in [0.05, 0.1) is 24.3 Å². The van der Waals surface area contributed by atoms with Crippen LogP contribution in [-0.4, -0.2) is 12.1 Å². The first-order chi connectivity index (χ1) is 11.2. The normalized spacial score (nSPS) is 11.2. The molecule has 3 nitrogen and oxygen atoms in total. The van der Waals surface area contributed by atoms with Crippen LogP contribution in [0.5, 0.6) is 5.75 Å². The van der Waals surface area contributed by atoms with E-state index in [1.165, 1.54) is 4.90 Å². The van der Waals surface area contributed by atoms with E-state index >= 15 is 0 Å². The van der Waals surface area contributed by atoms with E-state index < -0.39 is 0 Å². The van der Waals surface area contributed by atoms with Crippen LogP contribution in [0.2, 0.25) is 0 Å². The second-order valence-corrected chi connectivity index (χ2v) is 7.02. The Morgan fingerprint density at radius 1 is 1.04 bits per heavy atom. The first-order valence-corrected chi connectivity index (χ1v) is 8.64. The van der Waals surface area contributed by atoms with Crippen molar-refractivity contribution in [1.82, 2.24) is 4.98 Å². The number of nitrogens with zero attached hydrogens (tertiary/aromatic N) is 1. The number of ether oxygens (including phenoxy) is 1. The van der Waals surface area contributed by atoms with E-state index in [9.17, 15) is 0 Å². The van der Waals surface area contributed by atoms with Crippen molar-refractivity contribution in [3.8, 4) is 5.75 Å². The molecule has 0 unspecified atom stereocenters. The van der Waals surface area contributed by atoms with Gasteiger partial charge in [-0.05, 0) is 42.5 Å². The fourth-order valence-electron chi connectivity index (χ4n) is 2.47. The van der Waals surface area contributed by atoms with Crippen molar-refractivity contribution < 1.29 is 9.15 Å². The minimum atomic E-state index is 0.644. The zero-order valence-electron chi connectivity index (χ0n) is 12.2. The Morgan fingerprint density at radius 2 is 1.87 bits per heavy atom. The Morgan fingerprint density at radius 3 is 2.65 bits per heavy atom. The van der Waals surface area contributed by atoms with Crippen molar-refractivity contribution in [1.29, 1.82) is 0 Å². The Balaban J connectivity index is 1.93. The van der Waals surface area contributed by atoms with Crippen LogP contribution in [0, 0.1) is 0 Å². The monoisotopic (exact) mass is 385 g/mol. The molecule has 2 heterocycles. The first-order valence-electron chi connectivity index (χ1n) is 7.03. The Labute approximate surface area is 145 Å². The predicted octanol–water partition coefficient (Wildman–Crippen LogP) is 5.90. The number of fused-ring (bicyclic) bond motifs is 2. The van der Waals surface area contributed by atoms with E-state index in [-0.39, 0.29) is 0 Å². The van der Waals surface area contributed by atoms with Gasteiger partial charge in [0.1, 0.15) is 5.75 Å². The third-order valence-electron chi connectivity index (χ3n) is 3.59. The molecule has 0 aliphatic rings. The maximum Gasteiger partial charge on any atom is 0.227 e. The molecule has 0 saturated heterocycles. The van der Waals surface area contributed by atoms with Crippen LogP contribution >= 0.6 is 27.7 Å². The molecule has 4 aromatic rings. The molecule has 0 radical (unpaired) electrons. The molecule has 0 aliphatic heterocycles. The number of methoxy groups -OCH3 is 1. The molecule has 0 spiro atoms. The summed E-state index contributed by atoms with van der Waals surface area (Å²) in [6.45, 7) is 0. The Kier molecular flexibility index (Phi) is 3.75. The molecule has 2 aromatic heterocycles. The van der Waals surface area contributed by atoms with E-state index in [1.807, 2.05) is 30.3 Å². The summed E-state index contributed by atoms with van der Waals surface area (Å²) >= 11 is 5.18. The highest BCUT2D eigenvalue weighted by molar-refractivity contribution is 9.10. The summed E-state index contributed by atoms with van der Waals surface area (Å²) in [6.07, 6.45) is 1.68. The number of hydrogen-bond acceptors (Lipinski definition) is 4. The van der Waals surface area contributed by atoms with Crippen LogP contribution in [0.4, 0.5) is 0 Å². The number of rotatable bonds is 3. The number of pyridine rings is 1. The maximum atomic E-state index is 5.52. The molecule has 23 heavy (non-hydrogen) atoms. The average molecular weight is 386 g/mol. The molecule has 5 heteroatoms. The predicted molar refractivity (Wildman–Crippen MR) is 96.3 cm³/mol. The van der Waals surface area contributed by atoms with Crippen LogP contribution in [0.25, 0.3) is 22.0 Å². The van der Waals surface area contributed by atoms with Gasteiger partial charge in [0.25, 0.3) is 0 Å². The summed E-state index contributed by atoms with van der Waals surface area (Å²) in [5.74, 6) is 0.787. The van der Waals surface area contributed by atoms with E-state index in [0.29, 0.717) is 5.71 Å². The number of aromatic nitrogens is 1. The molecule has 0 N–H and O–H groups in total. The van der Waals surface area contributed by atoms with E-state index in [0.717, 1.165) is 31.4 Å². The molecule has 2 aromatic carbocycles. The maximum absolute atomic E-state index is 5.52. The van der Waals surface area contributed by atoms with E-state index in [1.54, 1.807) is 25.1 Å². The highest BCUT2D eigenvalue weighted by atomic mass is 79.9. The Bertz CT molecular complexity index is 995.